The summed E-state index contributed by atoms with van der Waals surface area (Å²) in [6.45, 7) is 2.41. The molecule has 0 aromatic carbocycles. The number of aliphatic hydroxyl groups is 2. The molecule has 0 saturated carbocycles. The summed E-state index contributed by atoms with van der Waals surface area (Å²) < 4.78 is 32.8. The highest BCUT2D eigenvalue weighted by Gasteiger charge is 2.27. The summed E-state index contributed by atoms with van der Waals surface area (Å²) in [5, 5.41) is 18.3. The van der Waals surface area contributed by atoms with Gasteiger partial charge in [0.2, 0.25) is 0 Å². The van der Waals surface area contributed by atoms with Gasteiger partial charge >= 0.3 is 19.8 Å². The van der Waals surface area contributed by atoms with Crippen LogP contribution in [0.5, 0.6) is 0 Å². The van der Waals surface area contributed by atoms with Crippen LogP contribution in [-0.2, 0) is 32.7 Å². The zero-order valence-corrected chi connectivity index (χ0v) is 37.0. The molecular weight excluding hydrogens is 731 g/mol. The van der Waals surface area contributed by atoms with E-state index in [0.717, 1.165) is 38.5 Å². The van der Waals surface area contributed by atoms with Gasteiger partial charge in [-0.1, -0.05) is 187 Å². The molecule has 0 spiro atoms. The smallest absolute Gasteiger partial charge is 0.462 e. The number of rotatable bonds is 44. The van der Waals surface area contributed by atoms with Crippen LogP contribution in [0.2, 0.25) is 0 Å². The SMILES string of the molecule is CCCCCCCC/C=C/CCCCCCCCCCCC(=O)OC[C@@H](COP(=O)(O)OC[C@H](O)CO)OC(=O)CCCCCCCCCCCCCCCC. The van der Waals surface area contributed by atoms with Gasteiger partial charge in [0.05, 0.1) is 19.8 Å². The zero-order chi connectivity index (χ0) is 41.2. The fraction of sp³-hybridized carbons (Fsp3) is 0.911. The number of carbonyl (C=O) groups is 2. The standard InChI is InChI=1S/C45H87O10P/c1-3-5-7-9-11-13-15-17-19-20-21-22-23-25-26-28-30-32-34-36-44(48)52-40-43(41-54-56(50,51)53-39-42(47)38-46)55-45(49)37-35-33-31-29-27-24-18-16-14-12-10-8-6-4-2/h17,19,42-43,46-47H,3-16,18,20-41H2,1-2H3,(H,50,51)/b19-17+/t42-,43+/m1/s1. The van der Waals surface area contributed by atoms with Crippen molar-refractivity contribution in [2.75, 3.05) is 26.4 Å². The zero-order valence-electron chi connectivity index (χ0n) is 36.1. The third-order valence-corrected chi connectivity index (χ3v) is 11.1. The van der Waals surface area contributed by atoms with Gasteiger partial charge < -0.3 is 24.6 Å². The Morgan fingerprint density at radius 2 is 0.875 bits per heavy atom. The molecule has 1 unspecified atom stereocenters. The van der Waals surface area contributed by atoms with Crippen LogP contribution >= 0.6 is 7.82 Å². The van der Waals surface area contributed by atoms with E-state index in [1.54, 1.807) is 0 Å². The van der Waals surface area contributed by atoms with Crippen LogP contribution in [0.1, 0.15) is 226 Å². The van der Waals surface area contributed by atoms with Gasteiger partial charge in [0.1, 0.15) is 12.7 Å². The highest BCUT2D eigenvalue weighted by molar-refractivity contribution is 7.47. The lowest BCUT2D eigenvalue weighted by Crippen LogP contribution is -2.29. The number of ether oxygens (including phenoxy) is 2. The molecule has 0 saturated heterocycles. The Bertz CT molecular complexity index is 946. The molecule has 0 aromatic heterocycles. The molecule has 0 radical (unpaired) electrons. The predicted molar refractivity (Wildman–Crippen MR) is 229 cm³/mol. The largest absolute Gasteiger partial charge is 0.472 e. The maximum atomic E-state index is 12.6. The minimum Gasteiger partial charge on any atom is -0.462 e. The van der Waals surface area contributed by atoms with Crippen molar-refractivity contribution in [3.63, 3.8) is 0 Å². The summed E-state index contributed by atoms with van der Waals surface area (Å²) in [6, 6.07) is 0. The third kappa shape index (κ3) is 40.9. The number of unbranched alkanes of at least 4 members (excludes halogenated alkanes) is 28. The minimum atomic E-state index is -4.61. The van der Waals surface area contributed by atoms with Crippen molar-refractivity contribution < 1.29 is 47.8 Å². The van der Waals surface area contributed by atoms with Crippen LogP contribution in [0.4, 0.5) is 0 Å². The first kappa shape index (κ1) is 54.7. The van der Waals surface area contributed by atoms with E-state index in [4.69, 9.17) is 23.6 Å². The van der Waals surface area contributed by atoms with Gasteiger partial charge in [0, 0.05) is 12.8 Å². The molecule has 0 aliphatic heterocycles. The quantitative estimate of drug-likeness (QED) is 0.0235. The molecule has 3 atom stereocenters. The Hall–Kier alpha value is -1.29. The van der Waals surface area contributed by atoms with Gasteiger partial charge in [-0.05, 0) is 38.5 Å². The van der Waals surface area contributed by atoms with Crippen molar-refractivity contribution in [2.24, 2.45) is 0 Å². The van der Waals surface area contributed by atoms with Crippen molar-refractivity contribution in [1.29, 1.82) is 0 Å². The van der Waals surface area contributed by atoms with Gasteiger partial charge in [-0.2, -0.15) is 0 Å². The predicted octanol–water partition coefficient (Wildman–Crippen LogP) is 12.4. The van der Waals surface area contributed by atoms with E-state index in [2.05, 4.69) is 26.0 Å². The van der Waals surface area contributed by atoms with Gasteiger partial charge in [-0.15, -0.1) is 0 Å². The minimum absolute atomic E-state index is 0.190. The molecule has 0 aliphatic rings. The van der Waals surface area contributed by atoms with E-state index in [9.17, 15) is 24.2 Å². The number of esters is 2. The second-order valence-corrected chi connectivity index (χ2v) is 17.2. The third-order valence-electron chi connectivity index (χ3n) is 10.2. The molecule has 0 bridgehead atoms. The molecule has 10 nitrogen and oxygen atoms in total. The summed E-state index contributed by atoms with van der Waals surface area (Å²) in [5.74, 6) is -0.915. The fourth-order valence-electron chi connectivity index (χ4n) is 6.58. The fourth-order valence-corrected chi connectivity index (χ4v) is 7.37. The number of allylic oxidation sites excluding steroid dienone is 2. The number of hydrogen-bond donors (Lipinski definition) is 3. The highest BCUT2D eigenvalue weighted by Crippen LogP contribution is 2.43. The number of hydrogen-bond acceptors (Lipinski definition) is 9. The molecule has 56 heavy (non-hydrogen) atoms. The topological polar surface area (TPSA) is 149 Å². The van der Waals surface area contributed by atoms with E-state index < -0.39 is 51.8 Å². The van der Waals surface area contributed by atoms with Crippen LogP contribution < -0.4 is 0 Å². The van der Waals surface area contributed by atoms with Crippen LogP contribution in [0.25, 0.3) is 0 Å². The van der Waals surface area contributed by atoms with Crippen molar-refractivity contribution in [2.45, 2.75) is 238 Å². The molecule has 11 heteroatoms. The lowest BCUT2D eigenvalue weighted by atomic mass is 10.0. The molecule has 0 rings (SSSR count). The van der Waals surface area contributed by atoms with Crippen LogP contribution in [0.3, 0.4) is 0 Å². The van der Waals surface area contributed by atoms with Crippen molar-refractivity contribution in [3.8, 4) is 0 Å². The summed E-state index contributed by atoms with van der Waals surface area (Å²) >= 11 is 0. The summed E-state index contributed by atoms with van der Waals surface area (Å²) in [7, 11) is -4.61. The molecule has 0 aromatic rings. The normalized spacial score (nSPS) is 13.9. The summed E-state index contributed by atoms with van der Waals surface area (Å²) in [4.78, 5) is 35.0. The van der Waals surface area contributed by atoms with Crippen LogP contribution in [0, 0.1) is 0 Å². The Morgan fingerprint density at radius 3 is 1.29 bits per heavy atom. The molecule has 0 aliphatic carbocycles. The molecular formula is C45H87O10P. The maximum Gasteiger partial charge on any atom is 0.472 e. The van der Waals surface area contributed by atoms with Crippen molar-refractivity contribution >= 4 is 19.8 Å². The van der Waals surface area contributed by atoms with Crippen molar-refractivity contribution in [3.05, 3.63) is 12.2 Å². The van der Waals surface area contributed by atoms with Gasteiger partial charge in [-0.25, -0.2) is 4.57 Å². The van der Waals surface area contributed by atoms with E-state index in [1.165, 1.54) is 148 Å². The van der Waals surface area contributed by atoms with Gasteiger partial charge in [0.15, 0.2) is 6.10 Å². The highest BCUT2D eigenvalue weighted by atomic mass is 31.2. The first-order chi connectivity index (χ1) is 27.2. The number of carbonyl (C=O) groups excluding carboxylic acids is 2. The molecule has 0 amide bonds. The van der Waals surface area contributed by atoms with Crippen LogP contribution in [0.15, 0.2) is 12.2 Å². The number of phosphoric acid groups is 1. The first-order valence-electron chi connectivity index (χ1n) is 23.1. The molecule has 332 valence electrons. The lowest BCUT2D eigenvalue weighted by molar-refractivity contribution is -0.161. The van der Waals surface area contributed by atoms with E-state index in [0.29, 0.717) is 12.8 Å². The Kier molecular flexibility index (Phi) is 40.9. The summed E-state index contributed by atoms with van der Waals surface area (Å²) in [5.41, 5.74) is 0. The molecule has 3 N–H and O–H groups in total. The van der Waals surface area contributed by atoms with E-state index in [1.807, 2.05) is 0 Å². The van der Waals surface area contributed by atoms with E-state index in [-0.39, 0.29) is 19.4 Å². The Labute approximate surface area is 343 Å². The average molecular weight is 819 g/mol. The number of aliphatic hydroxyl groups excluding tert-OH is 2. The van der Waals surface area contributed by atoms with Crippen molar-refractivity contribution in [1.82, 2.24) is 0 Å². The molecule has 0 fully saturated rings. The van der Waals surface area contributed by atoms with E-state index >= 15 is 0 Å². The average Bonchev–Trinajstić information content (AvgIpc) is 3.19. The second-order valence-electron chi connectivity index (χ2n) is 15.8. The first-order valence-corrected chi connectivity index (χ1v) is 24.6. The van der Waals surface area contributed by atoms with Crippen LogP contribution in [-0.4, -0.2) is 65.7 Å². The Morgan fingerprint density at radius 1 is 0.518 bits per heavy atom. The maximum absolute atomic E-state index is 12.6. The lowest BCUT2D eigenvalue weighted by Gasteiger charge is -2.20. The van der Waals surface area contributed by atoms with Gasteiger partial charge in [-0.3, -0.25) is 18.6 Å². The Balaban J connectivity index is 4.20. The summed E-state index contributed by atoms with van der Waals surface area (Å²) in [6.07, 6.45) is 40.3. The second kappa shape index (κ2) is 41.9. The monoisotopic (exact) mass is 819 g/mol. The number of phosphoric ester groups is 1. The molecule has 0 heterocycles. The van der Waals surface area contributed by atoms with Gasteiger partial charge in [0.25, 0.3) is 0 Å².